The summed E-state index contributed by atoms with van der Waals surface area (Å²) >= 11 is 0. The molecule has 1 fully saturated rings. The number of carbonyl (C=O) groups excluding carboxylic acids is 1. The van der Waals surface area contributed by atoms with Crippen LogP contribution >= 0.6 is 0 Å². The molecule has 0 amide bonds. The SMILES string of the molecule is CCCCC[C@@H](CC[C@@H]1[C@H]2Cc3cccc(OCC(=O)OCCOCc4ccccc4)c3C[C@H]2C[C@H]1O[Si](C)(C)C(C)(C)C)O[Si](C)(C)C(C)(C)C. The van der Waals surface area contributed by atoms with Crippen LogP contribution in [0.4, 0.5) is 0 Å². The van der Waals surface area contributed by atoms with Crippen LogP contribution in [-0.2, 0) is 42.6 Å². The van der Waals surface area contributed by atoms with Gasteiger partial charge < -0.3 is 23.1 Å². The molecule has 8 heteroatoms. The van der Waals surface area contributed by atoms with Crippen LogP contribution in [0.15, 0.2) is 48.5 Å². The van der Waals surface area contributed by atoms with Crippen molar-refractivity contribution in [2.24, 2.45) is 17.8 Å². The lowest BCUT2D eigenvalue weighted by molar-refractivity contribution is -0.147. The number of ether oxygens (including phenoxy) is 3. The Bertz CT molecular complexity index is 1400. The molecule has 4 rings (SSSR count). The third-order valence-electron chi connectivity index (χ3n) is 12.7. The number of benzene rings is 2. The molecule has 6 nitrogen and oxygen atoms in total. The summed E-state index contributed by atoms with van der Waals surface area (Å²) in [7, 11) is -3.87. The second kappa shape index (κ2) is 18.6. The number of unbranched alkanes of at least 4 members (excludes halogenated alkanes) is 2. The van der Waals surface area contributed by atoms with Gasteiger partial charge >= 0.3 is 5.97 Å². The van der Waals surface area contributed by atoms with Crippen LogP contribution in [0.25, 0.3) is 0 Å². The van der Waals surface area contributed by atoms with Crippen molar-refractivity contribution in [1.29, 1.82) is 0 Å². The van der Waals surface area contributed by atoms with Crippen LogP contribution in [0.3, 0.4) is 0 Å². The van der Waals surface area contributed by atoms with Crippen LogP contribution in [-0.4, -0.2) is 54.6 Å². The van der Waals surface area contributed by atoms with E-state index < -0.39 is 16.6 Å². The molecule has 2 aliphatic rings. The molecule has 2 aromatic carbocycles. The van der Waals surface area contributed by atoms with E-state index in [0.29, 0.717) is 37.1 Å². The first-order chi connectivity index (χ1) is 24.4. The first-order valence-corrected chi connectivity index (χ1v) is 26.1. The number of hydrogen-bond acceptors (Lipinski definition) is 6. The van der Waals surface area contributed by atoms with E-state index in [-0.39, 0.29) is 35.4 Å². The zero-order chi connectivity index (χ0) is 38.2. The zero-order valence-corrected chi connectivity index (χ0v) is 36.6. The van der Waals surface area contributed by atoms with E-state index in [9.17, 15) is 4.79 Å². The molecular formula is C44H72O6Si2. The van der Waals surface area contributed by atoms with Gasteiger partial charge in [0.25, 0.3) is 0 Å². The van der Waals surface area contributed by atoms with Crippen molar-refractivity contribution in [3.63, 3.8) is 0 Å². The smallest absolute Gasteiger partial charge is 0.344 e. The van der Waals surface area contributed by atoms with Crippen molar-refractivity contribution in [1.82, 2.24) is 0 Å². The van der Waals surface area contributed by atoms with Crippen molar-refractivity contribution in [2.75, 3.05) is 19.8 Å². The predicted molar refractivity (Wildman–Crippen MR) is 219 cm³/mol. The van der Waals surface area contributed by atoms with Gasteiger partial charge in [-0.05, 0) is 115 Å². The average Bonchev–Trinajstić information content (AvgIpc) is 3.39. The van der Waals surface area contributed by atoms with Crippen molar-refractivity contribution in [3.8, 4) is 5.75 Å². The van der Waals surface area contributed by atoms with Crippen LogP contribution in [0.2, 0.25) is 36.3 Å². The Labute approximate surface area is 319 Å². The lowest BCUT2D eigenvalue weighted by Crippen LogP contribution is -2.46. The average molecular weight is 753 g/mol. The minimum atomic E-state index is -1.98. The van der Waals surface area contributed by atoms with Crippen molar-refractivity contribution in [3.05, 3.63) is 65.2 Å². The van der Waals surface area contributed by atoms with Gasteiger partial charge in [0.05, 0.1) is 13.2 Å². The topological polar surface area (TPSA) is 63.2 Å². The Hall–Kier alpha value is -1.98. The first kappa shape index (κ1) is 42.8. The van der Waals surface area contributed by atoms with Gasteiger partial charge in [-0.3, -0.25) is 0 Å². The molecule has 0 heterocycles. The lowest BCUT2D eigenvalue weighted by Gasteiger charge is -2.42. The van der Waals surface area contributed by atoms with Gasteiger partial charge in [0.15, 0.2) is 23.2 Å². The van der Waals surface area contributed by atoms with E-state index in [1.165, 1.54) is 30.4 Å². The number of hydrogen-bond donors (Lipinski definition) is 0. The maximum Gasteiger partial charge on any atom is 0.344 e. The highest BCUT2D eigenvalue weighted by atomic mass is 28.4. The molecule has 0 spiro atoms. The Morgan fingerprint density at radius 1 is 0.846 bits per heavy atom. The zero-order valence-electron chi connectivity index (χ0n) is 34.6. The Kier molecular flexibility index (Phi) is 15.3. The number of esters is 1. The summed E-state index contributed by atoms with van der Waals surface area (Å²) in [6, 6.07) is 16.4. The molecule has 2 aliphatic carbocycles. The molecule has 0 unspecified atom stereocenters. The molecule has 5 atom stereocenters. The number of rotatable bonds is 19. The predicted octanol–water partition coefficient (Wildman–Crippen LogP) is 11.3. The summed E-state index contributed by atoms with van der Waals surface area (Å²) in [6.45, 7) is 27.0. The quantitative estimate of drug-likeness (QED) is 0.0809. The summed E-state index contributed by atoms with van der Waals surface area (Å²) in [6.07, 6.45) is 10.8. The van der Waals surface area contributed by atoms with Crippen molar-refractivity contribution < 1.29 is 27.9 Å². The van der Waals surface area contributed by atoms with Gasteiger partial charge in [0.1, 0.15) is 12.4 Å². The Morgan fingerprint density at radius 3 is 2.23 bits per heavy atom. The molecule has 52 heavy (non-hydrogen) atoms. The molecule has 1 saturated carbocycles. The second-order valence-corrected chi connectivity index (χ2v) is 28.2. The number of carbonyl (C=O) groups is 1. The summed E-state index contributed by atoms with van der Waals surface area (Å²) in [4.78, 5) is 12.6. The molecule has 0 bridgehead atoms. The van der Waals surface area contributed by atoms with E-state index in [0.717, 1.165) is 49.8 Å². The molecule has 292 valence electrons. The molecule has 0 N–H and O–H groups in total. The lowest BCUT2D eigenvalue weighted by atomic mass is 9.73. The number of fused-ring (bicyclic) bond motifs is 2. The van der Waals surface area contributed by atoms with E-state index >= 15 is 0 Å². The highest BCUT2D eigenvalue weighted by Crippen LogP contribution is 2.52. The standard InChI is InChI=1S/C44H72O6Si2/c1-12-13-15-22-36(49-51(8,9)43(2,3)4)24-25-37-38-28-34-21-18-23-40(39(34)29-35(38)30-41(37)50-52(10,11)44(5,6)7)48-32-42(45)47-27-26-46-31-33-19-16-14-17-20-33/h14,16-21,23,35-38,41H,12-13,15,22,24-32H2,1-11H3/t35-,36-,37+,38-,41+/m0/s1. The fraction of sp³-hybridized carbons (Fsp3) is 0.705. The van der Waals surface area contributed by atoms with E-state index in [1.54, 1.807) is 0 Å². The second-order valence-electron chi connectivity index (χ2n) is 18.7. The monoisotopic (exact) mass is 752 g/mol. The van der Waals surface area contributed by atoms with E-state index in [1.807, 2.05) is 36.4 Å². The van der Waals surface area contributed by atoms with Gasteiger partial charge in [0, 0.05) is 12.2 Å². The minimum absolute atomic E-state index is 0.101. The summed E-state index contributed by atoms with van der Waals surface area (Å²) in [5.41, 5.74) is 3.71. The molecule has 0 aromatic heterocycles. The minimum Gasteiger partial charge on any atom is -0.482 e. The summed E-state index contributed by atoms with van der Waals surface area (Å²) in [5, 5.41) is 0.356. The molecule has 0 aliphatic heterocycles. The van der Waals surface area contributed by atoms with Gasteiger partial charge in [-0.15, -0.1) is 0 Å². The maximum atomic E-state index is 12.6. The van der Waals surface area contributed by atoms with Crippen molar-refractivity contribution in [2.45, 2.75) is 161 Å². The highest BCUT2D eigenvalue weighted by molar-refractivity contribution is 6.74. The summed E-state index contributed by atoms with van der Waals surface area (Å²) < 4.78 is 31.8. The Balaban J connectivity index is 1.43. The molecular weight excluding hydrogens is 681 g/mol. The van der Waals surface area contributed by atoms with Crippen LogP contribution < -0.4 is 4.74 Å². The highest BCUT2D eigenvalue weighted by Gasteiger charge is 2.50. The van der Waals surface area contributed by atoms with Crippen LogP contribution in [0.5, 0.6) is 5.75 Å². The third-order valence-corrected chi connectivity index (χ3v) is 21.8. The largest absolute Gasteiger partial charge is 0.482 e. The third kappa shape index (κ3) is 11.8. The fourth-order valence-corrected chi connectivity index (χ4v) is 10.4. The van der Waals surface area contributed by atoms with Crippen LogP contribution in [0.1, 0.15) is 110 Å². The van der Waals surface area contributed by atoms with Gasteiger partial charge in [0.2, 0.25) is 0 Å². The van der Waals surface area contributed by atoms with Gasteiger partial charge in [-0.1, -0.05) is 110 Å². The fourth-order valence-electron chi connectivity index (χ4n) is 7.62. The van der Waals surface area contributed by atoms with Gasteiger partial charge in [-0.25, -0.2) is 4.79 Å². The molecule has 2 aromatic rings. The Morgan fingerprint density at radius 2 is 1.56 bits per heavy atom. The van der Waals surface area contributed by atoms with Crippen molar-refractivity contribution >= 4 is 22.6 Å². The first-order valence-electron chi connectivity index (χ1n) is 20.3. The maximum absolute atomic E-state index is 12.6. The van der Waals surface area contributed by atoms with E-state index in [2.05, 4.69) is 86.8 Å². The molecule has 0 radical (unpaired) electrons. The van der Waals surface area contributed by atoms with Gasteiger partial charge in [-0.2, -0.15) is 0 Å². The molecule has 0 saturated heterocycles. The normalized spacial score (nSPS) is 21.4. The van der Waals surface area contributed by atoms with E-state index in [4.69, 9.17) is 23.1 Å². The summed E-state index contributed by atoms with van der Waals surface area (Å²) in [5.74, 6) is 2.06. The van der Waals surface area contributed by atoms with Crippen LogP contribution in [0, 0.1) is 17.8 Å².